The number of thiazole rings is 1. The highest BCUT2D eigenvalue weighted by atomic mass is 32.1. The highest BCUT2D eigenvalue weighted by molar-refractivity contribution is 7.14. The molecule has 0 saturated heterocycles. The Morgan fingerprint density at radius 2 is 1.83 bits per heavy atom. The van der Waals surface area contributed by atoms with Crippen molar-refractivity contribution in [1.29, 1.82) is 0 Å². The molecule has 0 aliphatic heterocycles. The van der Waals surface area contributed by atoms with Gasteiger partial charge < -0.3 is 4.74 Å². The molecule has 0 spiro atoms. The first-order chi connectivity index (χ1) is 11.3. The van der Waals surface area contributed by atoms with E-state index in [0.29, 0.717) is 16.5 Å². The van der Waals surface area contributed by atoms with Crippen LogP contribution in [0.3, 0.4) is 0 Å². The minimum atomic E-state index is -0.757. The molecule has 0 aliphatic carbocycles. The van der Waals surface area contributed by atoms with E-state index in [1.54, 1.807) is 50.4 Å². The third-order valence-corrected chi connectivity index (χ3v) is 3.41. The molecule has 8 nitrogen and oxygen atoms in total. The summed E-state index contributed by atoms with van der Waals surface area (Å²) in [5.74, 6) is 0. The van der Waals surface area contributed by atoms with E-state index >= 15 is 0 Å². The molecule has 0 saturated carbocycles. The van der Waals surface area contributed by atoms with Crippen molar-refractivity contribution in [2.45, 2.75) is 26.4 Å². The summed E-state index contributed by atoms with van der Waals surface area (Å²) in [7, 11) is 0. The lowest BCUT2D eigenvalue weighted by atomic mass is 10.1. The summed E-state index contributed by atoms with van der Waals surface area (Å²) in [5, 5.41) is 15.6. The monoisotopic (exact) mass is 350 g/mol. The number of urea groups is 1. The highest BCUT2D eigenvalue weighted by Gasteiger charge is 2.16. The van der Waals surface area contributed by atoms with Crippen LogP contribution < -0.4 is 16.1 Å². The van der Waals surface area contributed by atoms with Crippen LogP contribution in [0.2, 0.25) is 0 Å². The Morgan fingerprint density at radius 3 is 2.42 bits per heavy atom. The van der Waals surface area contributed by atoms with E-state index in [1.165, 1.54) is 16.8 Å². The standard InChI is InChI=1S/C15H18N4O4S/c1-15(2,3)23-14(21)16-10-6-4-9(5-7-10)11-8-24-13(17-11)18-12(20)19-22/h4-8,22H,1-3H3,(H,16,21)(H2,17,18,19,20). The normalized spacial score (nSPS) is 10.8. The van der Waals surface area contributed by atoms with Gasteiger partial charge in [-0.05, 0) is 32.9 Å². The number of anilines is 2. The Kier molecular flexibility index (Phi) is 5.37. The second-order valence-corrected chi connectivity index (χ2v) is 6.67. The Hall–Kier alpha value is -2.65. The minimum Gasteiger partial charge on any atom is -0.444 e. The fourth-order valence-electron chi connectivity index (χ4n) is 1.73. The van der Waals surface area contributed by atoms with Crippen LogP contribution in [0, 0.1) is 0 Å². The lowest BCUT2D eigenvalue weighted by Gasteiger charge is -2.19. The van der Waals surface area contributed by atoms with Gasteiger partial charge in [0, 0.05) is 16.6 Å². The lowest BCUT2D eigenvalue weighted by molar-refractivity contribution is 0.0636. The maximum absolute atomic E-state index is 11.7. The van der Waals surface area contributed by atoms with Crippen molar-refractivity contribution in [2.24, 2.45) is 0 Å². The van der Waals surface area contributed by atoms with Crippen LogP contribution in [0.1, 0.15) is 20.8 Å². The maximum atomic E-state index is 11.7. The largest absolute Gasteiger partial charge is 0.444 e. The number of nitrogens with one attached hydrogen (secondary N) is 3. The number of amides is 3. The van der Waals surface area contributed by atoms with Gasteiger partial charge in [0.2, 0.25) is 0 Å². The number of nitrogens with zero attached hydrogens (tertiary/aromatic N) is 1. The number of rotatable bonds is 3. The zero-order valence-corrected chi connectivity index (χ0v) is 14.2. The predicted octanol–water partition coefficient (Wildman–Crippen LogP) is 3.67. The molecule has 4 N–H and O–H groups in total. The summed E-state index contributed by atoms with van der Waals surface area (Å²) in [6.45, 7) is 5.38. The molecule has 3 amide bonds. The molecule has 1 aromatic heterocycles. The van der Waals surface area contributed by atoms with Crippen LogP contribution in [-0.2, 0) is 4.74 Å². The van der Waals surface area contributed by atoms with Gasteiger partial charge in [-0.2, -0.15) is 0 Å². The van der Waals surface area contributed by atoms with Crippen molar-refractivity contribution in [3.63, 3.8) is 0 Å². The Balaban J connectivity index is 2.02. The molecule has 2 aromatic rings. The highest BCUT2D eigenvalue weighted by Crippen LogP contribution is 2.26. The molecule has 1 heterocycles. The van der Waals surface area contributed by atoms with Crippen molar-refractivity contribution in [2.75, 3.05) is 10.6 Å². The van der Waals surface area contributed by atoms with Gasteiger partial charge in [-0.3, -0.25) is 15.8 Å². The topological polar surface area (TPSA) is 113 Å². The van der Waals surface area contributed by atoms with Gasteiger partial charge in [0.1, 0.15) is 5.60 Å². The zero-order chi connectivity index (χ0) is 17.7. The van der Waals surface area contributed by atoms with Gasteiger partial charge in [-0.25, -0.2) is 20.1 Å². The SMILES string of the molecule is CC(C)(C)OC(=O)Nc1ccc(-c2csc(NC(=O)NO)n2)cc1. The lowest BCUT2D eigenvalue weighted by Crippen LogP contribution is -2.27. The van der Waals surface area contributed by atoms with E-state index in [1.807, 2.05) is 0 Å². The van der Waals surface area contributed by atoms with Crippen LogP contribution in [-0.4, -0.2) is 27.9 Å². The molecule has 0 bridgehead atoms. The van der Waals surface area contributed by atoms with E-state index in [0.717, 1.165) is 5.56 Å². The average Bonchev–Trinajstić information content (AvgIpc) is 2.94. The summed E-state index contributed by atoms with van der Waals surface area (Å²) >= 11 is 1.23. The number of carbonyl (C=O) groups is 2. The summed E-state index contributed by atoms with van der Waals surface area (Å²) in [5.41, 5.74) is 2.99. The maximum Gasteiger partial charge on any atom is 0.412 e. The fourth-order valence-corrected chi connectivity index (χ4v) is 2.45. The Labute approximate surface area is 142 Å². The third kappa shape index (κ3) is 5.21. The average molecular weight is 350 g/mol. The fraction of sp³-hybridized carbons (Fsp3) is 0.267. The van der Waals surface area contributed by atoms with Gasteiger partial charge >= 0.3 is 12.1 Å². The Morgan fingerprint density at radius 1 is 1.17 bits per heavy atom. The molecule has 24 heavy (non-hydrogen) atoms. The second-order valence-electron chi connectivity index (χ2n) is 5.81. The van der Waals surface area contributed by atoms with Gasteiger partial charge in [-0.1, -0.05) is 12.1 Å². The molecular weight excluding hydrogens is 332 g/mol. The first kappa shape index (κ1) is 17.7. The zero-order valence-electron chi connectivity index (χ0n) is 13.4. The number of ether oxygens (including phenoxy) is 1. The quantitative estimate of drug-likeness (QED) is 0.498. The first-order valence-corrected chi connectivity index (χ1v) is 7.92. The molecule has 0 unspecified atom stereocenters. The van der Waals surface area contributed by atoms with Crippen LogP contribution in [0.5, 0.6) is 0 Å². The molecule has 9 heteroatoms. The molecule has 2 rings (SSSR count). The van der Waals surface area contributed by atoms with Crippen molar-refractivity contribution in [3.8, 4) is 11.3 Å². The summed E-state index contributed by atoms with van der Waals surface area (Å²) in [4.78, 5) is 27.0. The summed E-state index contributed by atoms with van der Waals surface area (Å²) < 4.78 is 5.18. The Bertz CT molecular complexity index is 722. The number of aromatic nitrogens is 1. The van der Waals surface area contributed by atoms with E-state index in [9.17, 15) is 9.59 Å². The van der Waals surface area contributed by atoms with Crippen molar-refractivity contribution in [3.05, 3.63) is 29.6 Å². The smallest absolute Gasteiger partial charge is 0.412 e. The minimum absolute atomic E-state index is 0.354. The van der Waals surface area contributed by atoms with Gasteiger partial charge in [0.05, 0.1) is 5.69 Å². The van der Waals surface area contributed by atoms with Gasteiger partial charge in [-0.15, -0.1) is 11.3 Å². The summed E-state index contributed by atoms with van der Waals surface area (Å²) in [6.07, 6.45) is -0.523. The van der Waals surface area contributed by atoms with E-state index < -0.39 is 17.7 Å². The first-order valence-electron chi connectivity index (χ1n) is 7.04. The van der Waals surface area contributed by atoms with E-state index in [4.69, 9.17) is 9.94 Å². The van der Waals surface area contributed by atoms with Crippen molar-refractivity contribution >= 4 is 34.3 Å². The van der Waals surface area contributed by atoms with Crippen LogP contribution in [0.25, 0.3) is 11.3 Å². The van der Waals surface area contributed by atoms with Crippen LogP contribution in [0.4, 0.5) is 20.4 Å². The molecular formula is C15H18N4O4S. The second kappa shape index (κ2) is 7.28. The molecule has 0 atom stereocenters. The third-order valence-electron chi connectivity index (χ3n) is 2.65. The number of hydrogen-bond donors (Lipinski definition) is 4. The van der Waals surface area contributed by atoms with Crippen LogP contribution >= 0.6 is 11.3 Å². The molecule has 0 fully saturated rings. The van der Waals surface area contributed by atoms with Crippen molar-refractivity contribution < 1.29 is 19.5 Å². The van der Waals surface area contributed by atoms with Gasteiger partial charge in [0.15, 0.2) is 5.13 Å². The number of carbonyl (C=O) groups excluding carboxylic acids is 2. The number of hydroxylamine groups is 1. The van der Waals surface area contributed by atoms with E-state index in [-0.39, 0.29) is 0 Å². The molecule has 0 radical (unpaired) electrons. The van der Waals surface area contributed by atoms with Crippen molar-refractivity contribution in [1.82, 2.24) is 10.5 Å². The number of benzene rings is 1. The number of hydrogen-bond acceptors (Lipinski definition) is 6. The van der Waals surface area contributed by atoms with Crippen LogP contribution in [0.15, 0.2) is 29.6 Å². The summed E-state index contributed by atoms with van der Waals surface area (Å²) in [6, 6.07) is 6.28. The molecule has 1 aromatic carbocycles. The van der Waals surface area contributed by atoms with Gasteiger partial charge in [0.25, 0.3) is 0 Å². The predicted molar refractivity (Wildman–Crippen MR) is 91.3 cm³/mol. The molecule has 0 aliphatic rings. The van der Waals surface area contributed by atoms with E-state index in [2.05, 4.69) is 15.6 Å². The molecule has 128 valence electrons.